The Labute approximate surface area is 205 Å². The standard InChI is InChI=1S/C20H42I3N3/c1-17(2,3)25(18(4,5)21)15-11-13-24(10)14-12-16-26(19(6,7)22)20(8,9)23/h11-16H2,1-10H3. The SMILES string of the molecule is CN(CCCN(C(C)(C)C)C(C)(C)I)CCCN(C(C)(C)I)C(C)(C)I. The third-order valence-corrected chi connectivity index (χ3v) is 6.33. The molecule has 0 fully saturated rings. The van der Waals surface area contributed by atoms with Gasteiger partial charge in [0.25, 0.3) is 0 Å². The minimum atomic E-state index is 0.181. The number of alkyl halides is 3. The van der Waals surface area contributed by atoms with Crippen LogP contribution in [0.4, 0.5) is 0 Å². The molecule has 0 spiro atoms. The van der Waals surface area contributed by atoms with Crippen molar-refractivity contribution in [3.63, 3.8) is 0 Å². The summed E-state index contributed by atoms with van der Waals surface area (Å²) >= 11 is 7.70. The van der Waals surface area contributed by atoms with Gasteiger partial charge in [-0.25, -0.2) is 0 Å². The third-order valence-electron chi connectivity index (χ3n) is 4.58. The van der Waals surface area contributed by atoms with Gasteiger partial charge in [0.2, 0.25) is 0 Å². The van der Waals surface area contributed by atoms with Crippen molar-refractivity contribution in [2.24, 2.45) is 0 Å². The first-order valence-corrected chi connectivity index (χ1v) is 12.9. The first-order valence-electron chi connectivity index (χ1n) is 9.67. The van der Waals surface area contributed by atoms with Crippen LogP contribution in [0, 0.1) is 0 Å². The lowest BCUT2D eigenvalue weighted by molar-refractivity contribution is 0.0842. The van der Waals surface area contributed by atoms with E-state index in [9.17, 15) is 0 Å². The average molecular weight is 705 g/mol. The Morgan fingerprint density at radius 1 is 0.538 bits per heavy atom. The maximum Gasteiger partial charge on any atom is 0.0683 e. The summed E-state index contributed by atoms with van der Waals surface area (Å²) in [7, 11) is 2.27. The molecule has 6 heteroatoms. The van der Waals surface area contributed by atoms with Crippen LogP contribution in [0.25, 0.3) is 0 Å². The normalized spacial score (nSPS) is 14.8. The Hall–Kier alpha value is 2.07. The quantitative estimate of drug-likeness (QED) is 0.136. The van der Waals surface area contributed by atoms with E-state index in [1.165, 1.54) is 25.9 Å². The van der Waals surface area contributed by atoms with E-state index in [-0.39, 0.29) is 16.2 Å². The molecule has 0 aromatic rings. The summed E-state index contributed by atoms with van der Waals surface area (Å²) in [5.74, 6) is 0. The summed E-state index contributed by atoms with van der Waals surface area (Å²) in [6.07, 6.45) is 2.44. The maximum atomic E-state index is 2.62. The van der Waals surface area contributed by atoms with Crippen molar-refractivity contribution in [2.45, 2.75) is 91.3 Å². The zero-order chi connectivity index (χ0) is 21.0. The highest BCUT2D eigenvalue weighted by molar-refractivity contribution is 14.1. The lowest BCUT2D eigenvalue weighted by Gasteiger charge is -2.44. The van der Waals surface area contributed by atoms with Crippen molar-refractivity contribution in [1.82, 2.24) is 14.7 Å². The van der Waals surface area contributed by atoms with Crippen LogP contribution in [0.5, 0.6) is 0 Å². The van der Waals surface area contributed by atoms with E-state index in [1.807, 2.05) is 0 Å². The predicted octanol–water partition coefficient (Wildman–Crippen LogP) is 6.61. The third kappa shape index (κ3) is 11.3. The minimum absolute atomic E-state index is 0.181. The second-order valence-corrected chi connectivity index (χ2v) is 17.6. The van der Waals surface area contributed by atoms with Crippen molar-refractivity contribution in [2.75, 3.05) is 33.2 Å². The molecule has 3 nitrogen and oxygen atoms in total. The van der Waals surface area contributed by atoms with Crippen LogP contribution in [0.15, 0.2) is 0 Å². The van der Waals surface area contributed by atoms with Gasteiger partial charge < -0.3 is 4.90 Å². The molecule has 0 N–H and O–H groups in total. The van der Waals surface area contributed by atoms with Gasteiger partial charge in [0.1, 0.15) is 0 Å². The van der Waals surface area contributed by atoms with E-state index in [0.29, 0.717) is 0 Å². The molecule has 0 amide bonds. The molecular formula is C20H42I3N3. The smallest absolute Gasteiger partial charge is 0.0683 e. The highest BCUT2D eigenvalue weighted by Crippen LogP contribution is 2.34. The number of halogens is 3. The number of nitrogens with zero attached hydrogens (tertiary/aromatic N) is 3. The van der Waals surface area contributed by atoms with Crippen LogP contribution in [-0.4, -0.2) is 64.1 Å². The van der Waals surface area contributed by atoms with E-state index in [4.69, 9.17) is 0 Å². The van der Waals surface area contributed by atoms with E-state index in [1.54, 1.807) is 0 Å². The monoisotopic (exact) mass is 705 g/mol. The zero-order valence-corrected chi connectivity index (χ0v) is 25.2. The fourth-order valence-electron chi connectivity index (χ4n) is 3.67. The highest BCUT2D eigenvalue weighted by Gasteiger charge is 2.34. The van der Waals surface area contributed by atoms with Crippen LogP contribution in [0.2, 0.25) is 0 Å². The molecule has 0 aromatic heterocycles. The molecule has 0 bridgehead atoms. The van der Waals surface area contributed by atoms with E-state index in [0.717, 1.165) is 13.1 Å². The van der Waals surface area contributed by atoms with Gasteiger partial charge in [-0.05, 0) is 95.3 Å². The highest BCUT2D eigenvalue weighted by atomic mass is 127. The first kappa shape index (κ1) is 28.1. The summed E-state index contributed by atoms with van der Waals surface area (Å²) in [5.41, 5.74) is 0.210. The van der Waals surface area contributed by atoms with Crippen LogP contribution in [0.3, 0.4) is 0 Å². The molecule has 0 saturated carbocycles. The van der Waals surface area contributed by atoms with Gasteiger partial charge in [0.05, 0.1) is 10.6 Å². The minimum Gasteiger partial charge on any atom is -0.306 e. The Bertz CT molecular complexity index is 334. The molecule has 0 saturated heterocycles. The molecule has 158 valence electrons. The maximum absolute atomic E-state index is 2.62. The van der Waals surface area contributed by atoms with Gasteiger partial charge in [0, 0.05) is 18.6 Å². The summed E-state index contributed by atoms with van der Waals surface area (Å²) in [6, 6.07) is 0. The summed E-state index contributed by atoms with van der Waals surface area (Å²) < 4.78 is 0.549. The lowest BCUT2D eigenvalue weighted by Crippen LogP contribution is -2.51. The van der Waals surface area contributed by atoms with Crippen molar-refractivity contribution < 1.29 is 0 Å². The fraction of sp³-hybridized carbons (Fsp3) is 1.00. The molecule has 0 radical (unpaired) electrons. The first-order chi connectivity index (χ1) is 11.4. The number of rotatable bonds is 11. The van der Waals surface area contributed by atoms with E-state index < -0.39 is 0 Å². The van der Waals surface area contributed by atoms with Gasteiger partial charge in [-0.2, -0.15) is 0 Å². The van der Waals surface area contributed by atoms with Crippen molar-refractivity contribution in [1.29, 1.82) is 0 Å². The molecule has 26 heavy (non-hydrogen) atoms. The van der Waals surface area contributed by atoms with Crippen molar-refractivity contribution >= 4 is 67.8 Å². The lowest BCUT2D eigenvalue weighted by atomic mass is 10.0. The molecule has 0 aliphatic carbocycles. The van der Waals surface area contributed by atoms with Crippen LogP contribution in [-0.2, 0) is 0 Å². The summed E-state index contributed by atoms with van der Waals surface area (Å²) in [6.45, 7) is 25.5. The van der Waals surface area contributed by atoms with Gasteiger partial charge in [-0.15, -0.1) is 0 Å². The van der Waals surface area contributed by atoms with Crippen LogP contribution in [0.1, 0.15) is 75.2 Å². The fourth-order valence-corrected chi connectivity index (χ4v) is 6.79. The Morgan fingerprint density at radius 3 is 1.12 bits per heavy atom. The molecule has 0 aromatic carbocycles. The van der Waals surface area contributed by atoms with Gasteiger partial charge in [-0.1, -0.05) is 67.8 Å². The Morgan fingerprint density at radius 2 is 0.846 bits per heavy atom. The zero-order valence-electron chi connectivity index (χ0n) is 18.7. The number of hydrogen-bond donors (Lipinski definition) is 0. The number of hydrogen-bond acceptors (Lipinski definition) is 3. The Balaban J connectivity index is 4.42. The van der Waals surface area contributed by atoms with E-state index in [2.05, 4.69) is 152 Å². The molecule has 0 aliphatic heterocycles. The molecule has 0 unspecified atom stereocenters. The molecule has 0 heterocycles. The molecular weight excluding hydrogens is 663 g/mol. The largest absolute Gasteiger partial charge is 0.306 e. The van der Waals surface area contributed by atoms with Crippen LogP contribution >= 0.6 is 67.8 Å². The molecule has 0 atom stereocenters. The summed E-state index contributed by atoms with van der Waals surface area (Å²) in [5, 5.41) is 0. The van der Waals surface area contributed by atoms with Gasteiger partial charge >= 0.3 is 0 Å². The molecule has 0 rings (SSSR count). The van der Waals surface area contributed by atoms with Gasteiger partial charge in [-0.3, -0.25) is 9.80 Å². The van der Waals surface area contributed by atoms with Crippen molar-refractivity contribution in [3.8, 4) is 0 Å². The molecule has 0 aliphatic rings. The topological polar surface area (TPSA) is 9.72 Å². The van der Waals surface area contributed by atoms with E-state index >= 15 is 0 Å². The average Bonchev–Trinajstić information content (AvgIpc) is 2.33. The summed E-state index contributed by atoms with van der Waals surface area (Å²) in [4.78, 5) is 7.72. The van der Waals surface area contributed by atoms with Gasteiger partial charge in [0.15, 0.2) is 0 Å². The second kappa shape index (κ2) is 10.9. The predicted molar refractivity (Wildman–Crippen MR) is 144 cm³/mol. The Kier molecular flexibility index (Phi) is 11.8. The van der Waals surface area contributed by atoms with Crippen molar-refractivity contribution in [3.05, 3.63) is 0 Å². The second-order valence-electron chi connectivity index (χ2n) is 9.71. The van der Waals surface area contributed by atoms with Crippen LogP contribution < -0.4 is 0 Å².